The van der Waals surface area contributed by atoms with Crippen molar-refractivity contribution in [2.45, 2.75) is 26.0 Å². The molecule has 0 unspecified atom stereocenters. The van der Waals surface area contributed by atoms with Gasteiger partial charge in [0.05, 0.1) is 24.5 Å². The lowest BCUT2D eigenvalue weighted by molar-refractivity contribution is 0.0252. The van der Waals surface area contributed by atoms with Crippen molar-refractivity contribution in [2.24, 2.45) is 0 Å². The van der Waals surface area contributed by atoms with Gasteiger partial charge < -0.3 is 9.47 Å². The third-order valence-electron chi connectivity index (χ3n) is 7.18. The van der Waals surface area contributed by atoms with Gasteiger partial charge >= 0.3 is 0 Å². The van der Waals surface area contributed by atoms with Crippen LogP contribution in [0, 0.1) is 0 Å². The van der Waals surface area contributed by atoms with Crippen molar-refractivity contribution >= 4 is 50.9 Å². The first-order chi connectivity index (χ1) is 18.1. The van der Waals surface area contributed by atoms with E-state index in [0.717, 1.165) is 43.1 Å². The highest BCUT2D eigenvalue weighted by Gasteiger charge is 2.52. The van der Waals surface area contributed by atoms with Crippen LogP contribution in [0.15, 0.2) is 109 Å². The maximum atomic E-state index is 6.66. The molecule has 4 aromatic rings. The monoisotopic (exact) mass is 714 g/mol. The summed E-state index contributed by atoms with van der Waals surface area (Å²) in [4.78, 5) is 0. The molecule has 0 spiro atoms. The van der Waals surface area contributed by atoms with Crippen molar-refractivity contribution in [1.82, 2.24) is 5.43 Å². The first-order valence-electron chi connectivity index (χ1n) is 12.6. The molecule has 188 valence electrons. The van der Waals surface area contributed by atoms with Crippen molar-refractivity contribution in [2.75, 3.05) is 18.2 Å². The van der Waals surface area contributed by atoms with Gasteiger partial charge in [-0.25, -0.2) is 5.43 Å². The number of hydrogen-bond acceptors (Lipinski definition) is 4. The fourth-order valence-electron chi connectivity index (χ4n) is 5.54. The third-order valence-corrected chi connectivity index (χ3v) is 8.74. The number of hydrogen-bond donors (Lipinski definition) is 1. The Morgan fingerprint density at radius 2 is 1.24 bits per heavy atom. The van der Waals surface area contributed by atoms with E-state index in [1.807, 2.05) is 0 Å². The van der Waals surface area contributed by atoms with Crippen LogP contribution < -0.4 is 15.2 Å². The minimum absolute atomic E-state index is 0.167. The summed E-state index contributed by atoms with van der Waals surface area (Å²) in [6, 6.07) is 38.8. The Kier molecular flexibility index (Phi) is 7.17. The average Bonchev–Trinajstić information content (AvgIpc) is 3.23. The number of hydrazine groups is 1. The van der Waals surface area contributed by atoms with Gasteiger partial charge in [-0.1, -0.05) is 97.1 Å². The van der Waals surface area contributed by atoms with Crippen LogP contribution in [-0.2, 0) is 11.8 Å². The number of alkyl halides is 2. The predicted octanol–water partition coefficient (Wildman–Crippen LogP) is 7.54. The van der Waals surface area contributed by atoms with Crippen LogP contribution in [0.4, 0.5) is 5.69 Å². The summed E-state index contributed by atoms with van der Waals surface area (Å²) in [5, 5.41) is 2.36. The van der Waals surface area contributed by atoms with Crippen LogP contribution in [0.5, 0.6) is 5.75 Å². The molecule has 4 nitrogen and oxygen atoms in total. The molecular weight excluding hydrogens is 686 g/mol. The second kappa shape index (κ2) is 10.6. The SMILES string of the molecule is IC1(I)NN(C(c2ccccc2)(c2ccccc2)c2ccccc2)c2cccc(OC3CCOCC3)c21. The Hall–Kier alpha value is -2.14. The number of halogens is 2. The van der Waals surface area contributed by atoms with E-state index < -0.39 is 7.09 Å². The molecule has 0 bridgehead atoms. The van der Waals surface area contributed by atoms with Gasteiger partial charge in [-0.05, 0) is 74.0 Å². The highest BCUT2D eigenvalue weighted by atomic mass is 127. The first kappa shape index (κ1) is 25.2. The Morgan fingerprint density at radius 1 is 0.730 bits per heavy atom. The van der Waals surface area contributed by atoms with Crippen molar-refractivity contribution < 1.29 is 9.47 Å². The Balaban J connectivity index is 1.59. The zero-order chi connectivity index (χ0) is 25.3. The normalized spacial score (nSPS) is 17.4. The topological polar surface area (TPSA) is 33.7 Å². The molecule has 4 aromatic carbocycles. The molecule has 0 amide bonds. The largest absolute Gasteiger partial charge is 0.490 e. The van der Waals surface area contributed by atoms with Crippen molar-refractivity contribution in [3.8, 4) is 5.75 Å². The van der Waals surface area contributed by atoms with Crippen LogP contribution >= 0.6 is 45.2 Å². The maximum Gasteiger partial charge on any atom is 0.170 e. The van der Waals surface area contributed by atoms with E-state index in [2.05, 4.69) is 165 Å². The Bertz CT molecular complexity index is 1250. The van der Waals surface area contributed by atoms with Crippen LogP contribution in [0.2, 0.25) is 0 Å². The van der Waals surface area contributed by atoms with Gasteiger partial charge in [-0.2, -0.15) is 0 Å². The summed E-state index contributed by atoms with van der Waals surface area (Å²) >= 11 is 5.04. The molecule has 2 aliphatic heterocycles. The lowest BCUT2D eigenvalue weighted by Crippen LogP contribution is -2.55. The zero-order valence-electron chi connectivity index (χ0n) is 20.3. The minimum atomic E-state index is -0.617. The minimum Gasteiger partial charge on any atom is -0.490 e. The number of fused-ring (bicyclic) bond motifs is 1. The quantitative estimate of drug-likeness (QED) is 0.0970. The van der Waals surface area contributed by atoms with Gasteiger partial charge in [0.1, 0.15) is 17.4 Å². The molecule has 0 saturated carbocycles. The lowest BCUT2D eigenvalue weighted by atomic mass is 9.76. The van der Waals surface area contributed by atoms with Crippen molar-refractivity contribution in [3.63, 3.8) is 0 Å². The molecular formula is C31H28I2N2O2. The zero-order valence-corrected chi connectivity index (χ0v) is 24.6. The van der Waals surface area contributed by atoms with Crippen molar-refractivity contribution in [1.29, 1.82) is 0 Å². The molecule has 2 heterocycles. The van der Waals surface area contributed by atoms with Gasteiger partial charge in [-0.3, -0.25) is 5.01 Å². The van der Waals surface area contributed by atoms with Gasteiger partial charge in [0.2, 0.25) is 0 Å². The van der Waals surface area contributed by atoms with Crippen LogP contribution in [0.3, 0.4) is 0 Å². The van der Waals surface area contributed by atoms with E-state index in [4.69, 9.17) is 9.47 Å². The summed E-state index contributed by atoms with van der Waals surface area (Å²) in [7, 11) is 0. The van der Waals surface area contributed by atoms with E-state index >= 15 is 0 Å². The number of ether oxygens (including phenoxy) is 2. The number of nitrogens with zero attached hydrogens (tertiary/aromatic N) is 1. The van der Waals surface area contributed by atoms with E-state index in [1.54, 1.807) is 0 Å². The number of anilines is 1. The summed E-state index contributed by atoms with van der Waals surface area (Å²) in [5.41, 5.74) is 9.13. The highest BCUT2D eigenvalue weighted by molar-refractivity contribution is 14.2. The predicted molar refractivity (Wildman–Crippen MR) is 165 cm³/mol. The number of rotatable bonds is 6. The average molecular weight is 714 g/mol. The smallest absolute Gasteiger partial charge is 0.170 e. The molecule has 2 aliphatic rings. The van der Waals surface area contributed by atoms with E-state index in [-0.39, 0.29) is 6.10 Å². The summed E-state index contributed by atoms with van der Waals surface area (Å²) < 4.78 is 11.8. The van der Waals surface area contributed by atoms with Crippen LogP contribution in [-0.4, -0.2) is 19.3 Å². The van der Waals surface area contributed by atoms with Gasteiger partial charge in [0, 0.05) is 12.8 Å². The van der Waals surface area contributed by atoms with E-state index in [1.165, 1.54) is 16.7 Å². The molecule has 0 aromatic heterocycles. The molecule has 1 fully saturated rings. The molecule has 37 heavy (non-hydrogen) atoms. The van der Waals surface area contributed by atoms with E-state index in [9.17, 15) is 0 Å². The van der Waals surface area contributed by atoms with Gasteiger partial charge in [-0.15, -0.1) is 0 Å². The number of benzene rings is 4. The fraction of sp³-hybridized carbons (Fsp3) is 0.226. The van der Waals surface area contributed by atoms with Crippen LogP contribution in [0.1, 0.15) is 35.1 Å². The standard InChI is InChI=1S/C31H28I2N2O2/c32-31(33)29-27(17-10-18-28(29)37-26-19-21-36-22-20-26)35(34-31)30(23-11-4-1-5-12-23,24-13-6-2-7-14-24)25-15-8-3-9-16-25/h1-18,26,34H,19-22H2. The maximum absolute atomic E-state index is 6.66. The summed E-state index contributed by atoms with van der Waals surface area (Å²) in [6.07, 6.45) is 2.00. The molecule has 1 saturated heterocycles. The van der Waals surface area contributed by atoms with Gasteiger partial charge in [0.15, 0.2) is 1.55 Å². The van der Waals surface area contributed by atoms with Crippen molar-refractivity contribution in [3.05, 3.63) is 131 Å². The molecule has 6 rings (SSSR count). The summed E-state index contributed by atoms with van der Waals surface area (Å²) in [6.45, 7) is 1.51. The van der Waals surface area contributed by atoms with Gasteiger partial charge in [0.25, 0.3) is 0 Å². The molecule has 0 atom stereocenters. The molecule has 0 radical (unpaired) electrons. The lowest BCUT2D eigenvalue weighted by Gasteiger charge is -2.45. The number of nitrogens with one attached hydrogen (secondary N) is 1. The third kappa shape index (κ3) is 4.56. The Labute approximate surface area is 245 Å². The Morgan fingerprint density at radius 3 is 1.76 bits per heavy atom. The summed E-state index contributed by atoms with van der Waals surface area (Å²) in [5.74, 6) is 0.936. The molecule has 1 N–H and O–H groups in total. The fourth-order valence-corrected chi connectivity index (χ4v) is 7.11. The molecule has 6 heteroatoms. The van der Waals surface area contributed by atoms with Crippen LogP contribution in [0.25, 0.3) is 0 Å². The second-order valence-electron chi connectivity index (χ2n) is 9.41. The molecule has 0 aliphatic carbocycles. The first-order valence-corrected chi connectivity index (χ1v) is 14.8. The van der Waals surface area contributed by atoms with E-state index in [0.29, 0.717) is 0 Å². The highest BCUT2D eigenvalue weighted by Crippen LogP contribution is 2.56. The second-order valence-corrected chi connectivity index (χ2v) is 14.7.